The summed E-state index contributed by atoms with van der Waals surface area (Å²) in [6.07, 6.45) is 12.6. The maximum atomic E-state index is 10.7. The molecule has 0 saturated heterocycles. The third-order valence-electron chi connectivity index (χ3n) is 3.81. The van der Waals surface area contributed by atoms with Gasteiger partial charge in [0.2, 0.25) is 0 Å². The van der Waals surface area contributed by atoms with Crippen molar-refractivity contribution in [2.45, 2.75) is 85.0 Å². The van der Waals surface area contributed by atoms with Gasteiger partial charge in [0.1, 0.15) is 0 Å². The van der Waals surface area contributed by atoms with Crippen molar-refractivity contribution in [3.8, 4) is 0 Å². The van der Waals surface area contributed by atoms with E-state index in [1.54, 1.807) is 6.92 Å². The van der Waals surface area contributed by atoms with E-state index >= 15 is 0 Å². The summed E-state index contributed by atoms with van der Waals surface area (Å²) < 4.78 is 0. The Balaban J connectivity index is 3.32. The van der Waals surface area contributed by atoms with Gasteiger partial charge in [0.25, 0.3) is 0 Å². The van der Waals surface area contributed by atoms with E-state index in [4.69, 9.17) is 5.11 Å². The van der Waals surface area contributed by atoms with Gasteiger partial charge in [-0.15, -0.1) is 0 Å². The quantitative estimate of drug-likeness (QED) is 0.483. The highest BCUT2D eigenvalue weighted by Crippen LogP contribution is 2.18. The lowest BCUT2D eigenvalue weighted by Crippen LogP contribution is -2.09. The molecule has 2 atom stereocenters. The summed E-state index contributed by atoms with van der Waals surface area (Å²) in [5.74, 6) is -0.0676. The molecule has 0 spiro atoms. The Morgan fingerprint density at radius 1 is 0.889 bits per heavy atom. The van der Waals surface area contributed by atoms with Gasteiger partial charge in [0.15, 0.2) is 0 Å². The van der Waals surface area contributed by atoms with E-state index in [0.717, 1.165) is 18.8 Å². The zero-order valence-corrected chi connectivity index (χ0v) is 12.6. The third-order valence-corrected chi connectivity index (χ3v) is 3.81. The number of hydrogen-bond donors (Lipinski definition) is 1. The molecule has 0 saturated carbocycles. The first-order chi connectivity index (χ1) is 8.57. The lowest BCUT2D eigenvalue weighted by atomic mass is 9.94. The van der Waals surface area contributed by atoms with Crippen LogP contribution >= 0.6 is 0 Å². The van der Waals surface area contributed by atoms with Gasteiger partial charge in [-0.2, -0.15) is 0 Å². The minimum atomic E-state index is -0.654. The molecule has 108 valence electrons. The van der Waals surface area contributed by atoms with Crippen LogP contribution in [-0.2, 0) is 4.79 Å². The van der Waals surface area contributed by atoms with Crippen LogP contribution in [0.25, 0.3) is 0 Å². The van der Waals surface area contributed by atoms with E-state index in [0.29, 0.717) is 0 Å². The lowest BCUT2D eigenvalue weighted by Gasteiger charge is -2.12. The van der Waals surface area contributed by atoms with Crippen molar-refractivity contribution in [2.75, 3.05) is 0 Å². The maximum absolute atomic E-state index is 10.7. The molecule has 2 heteroatoms. The molecule has 0 rings (SSSR count). The summed E-state index contributed by atoms with van der Waals surface area (Å²) in [4.78, 5) is 10.7. The number of carboxylic acid groups (broad SMARTS) is 1. The Labute approximate surface area is 113 Å². The summed E-state index contributed by atoms with van der Waals surface area (Å²) in [6, 6.07) is 0. The summed E-state index contributed by atoms with van der Waals surface area (Å²) in [5.41, 5.74) is 0. The van der Waals surface area contributed by atoms with Gasteiger partial charge in [0, 0.05) is 0 Å². The highest BCUT2D eigenvalue weighted by molar-refractivity contribution is 5.69. The van der Waals surface area contributed by atoms with Crippen molar-refractivity contribution in [1.82, 2.24) is 0 Å². The second-order valence-electron chi connectivity index (χ2n) is 5.83. The first-order valence-corrected chi connectivity index (χ1v) is 7.80. The van der Waals surface area contributed by atoms with Gasteiger partial charge in [0.05, 0.1) is 5.92 Å². The molecule has 0 aliphatic carbocycles. The molecule has 0 heterocycles. The van der Waals surface area contributed by atoms with Crippen molar-refractivity contribution in [3.05, 3.63) is 0 Å². The smallest absolute Gasteiger partial charge is 0.306 e. The molecule has 0 amide bonds. The zero-order chi connectivity index (χ0) is 13.8. The minimum absolute atomic E-state index is 0.175. The predicted molar refractivity (Wildman–Crippen MR) is 77.8 cm³/mol. The third kappa shape index (κ3) is 10.6. The van der Waals surface area contributed by atoms with Gasteiger partial charge in [-0.1, -0.05) is 78.6 Å². The molecule has 0 fully saturated rings. The molecule has 0 bridgehead atoms. The summed E-state index contributed by atoms with van der Waals surface area (Å²) in [7, 11) is 0. The van der Waals surface area contributed by atoms with Gasteiger partial charge >= 0.3 is 5.97 Å². The molecule has 0 aromatic carbocycles. The van der Waals surface area contributed by atoms with Crippen LogP contribution in [0.1, 0.15) is 85.0 Å². The van der Waals surface area contributed by atoms with Crippen molar-refractivity contribution >= 4 is 5.97 Å². The van der Waals surface area contributed by atoms with Crippen LogP contribution in [0.15, 0.2) is 0 Å². The normalized spacial score (nSPS) is 14.4. The van der Waals surface area contributed by atoms with Crippen LogP contribution < -0.4 is 0 Å². The highest BCUT2D eigenvalue weighted by Gasteiger charge is 2.11. The Kier molecular flexibility index (Phi) is 11.2. The van der Waals surface area contributed by atoms with E-state index < -0.39 is 5.97 Å². The van der Waals surface area contributed by atoms with Crippen LogP contribution in [0, 0.1) is 11.8 Å². The first kappa shape index (κ1) is 17.5. The lowest BCUT2D eigenvalue weighted by molar-refractivity contribution is -0.141. The zero-order valence-electron chi connectivity index (χ0n) is 12.6. The Morgan fingerprint density at radius 3 is 2.06 bits per heavy atom. The molecule has 2 unspecified atom stereocenters. The van der Waals surface area contributed by atoms with Crippen molar-refractivity contribution in [2.24, 2.45) is 11.8 Å². The van der Waals surface area contributed by atoms with Crippen molar-refractivity contribution in [3.63, 3.8) is 0 Å². The molecular formula is C16H32O2. The fraction of sp³-hybridized carbons (Fsp3) is 0.938. The molecule has 0 radical (unpaired) electrons. The predicted octanol–water partition coefficient (Wildman–Crippen LogP) is 5.26. The summed E-state index contributed by atoms with van der Waals surface area (Å²) in [5, 5.41) is 8.79. The molecule has 0 aliphatic rings. The van der Waals surface area contributed by atoms with E-state index in [-0.39, 0.29) is 5.92 Å². The molecule has 0 aromatic heterocycles. The summed E-state index contributed by atoms with van der Waals surface area (Å²) in [6.45, 7) is 6.36. The van der Waals surface area contributed by atoms with Crippen LogP contribution in [0.2, 0.25) is 0 Å². The van der Waals surface area contributed by atoms with Crippen LogP contribution in [-0.4, -0.2) is 11.1 Å². The van der Waals surface area contributed by atoms with Gasteiger partial charge in [-0.25, -0.2) is 0 Å². The monoisotopic (exact) mass is 256 g/mol. The largest absolute Gasteiger partial charge is 0.481 e. The second kappa shape index (κ2) is 11.6. The number of hydrogen-bond acceptors (Lipinski definition) is 1. The SMILES string of the molecule is CCCCCCCCC(C)CCCC(C)C(=O)O. The van der Waals surface area contributed by atoms with Gasteiger partial charge in [-0.3, -0.25) is 4.79 Å². The van der Waals surface area contributed by atoms with Crippen LogP contribution in [0.5, 0.6) is 0 Å². The molecule has 18 heavy (non-hydrogen) atoms. The standard InChI is InChI=1S/C16H32O2/c1-4-5-6-7-8-9-11-14(2)12-10-13-15(3)16(17)18/h14-15H,4-13H2,1-3H3,(H,17,18). The average Bonchev–Trinajstić information content (AvgIpc) is 2.33. The number of unbranched alkanes of at least 4 members (excludes halogenated alkanes) is 5. The topological polar surface area (TPSA) is 37.3 Å². The van der Waals surface area contributed by atoms with E-state index in [2.05, 4.69) is 13.8 Å². The number of carbonyl (C=O) groups is 1. The molecule has 0 aliphatic heterocycles. The first-order valence-electron chi connectivity index (χ1n) is 7.80. The Hall–Kier alpha value is -0.530. The minimum Gasteiger partial charge on any atom is -0.481 e. The number of carboxylic acids is 1. The Bertz CT molecular complexity index is 201. The number of aliphatic carboxylic acids is 1. The fourth-order valence-electron chi connectivity index (χ4n) is 2.31. The summed E-state index contributed by atoms with van der Waals surface area (Å²) >= 11 is 0. The molecule has 0 aromatic rings. The molecule has 1 N–H and O–H groups in total. The van der Waals surface area contributed by atoms with Crippen molar-refractivity contribution in [1.29, 1.82) is 0 Å². The highest BCUT2D eigenvalue weighted by atomic mass is 16.4. The molecule has 2 nitrogen and oxygen atoms in total. The van der Waals surface area contributed by atoms with Gasteiger partial charge < -0.3 is 5.11 Å². The Morgan fingerprint density at radius 2 is 1.44 bits per heavy atom. The van der Waals surface area contributed by atoms with E-state index in [1.165, 1.54) is 51.4 Å². The average molecular weight is 256 g/mol. The van der Waals surface area contributed by atoms with E-state index in [9.17, 15) is 4.79 Å². The maximum Gasteiger partial charge on any atom is 0.306 e. The van der Waals surface area contributed by atoms with E-state index in [1.807, 2.05) is 0 Å². The fourth-order valence-corrected chi connectivity index (χ4v) is 2.31. The number of rotatable bonds is 12. The van der Waals surface area contributed by atoms with Crippen molar-refractivity contribution < 1.29 is 9.90 Å². The van der Waals surface area contributed by atoms with Crippen LogP contribution in [0.3, 0.4) is 0 Å². The van der Waals surface area contributed by atoms with Crippen LogP contribution in [0.4, 0.5) is 0 Å². The molecular weight excluding hydrogens is 224 g/mol. The second-order valence-corrected chi connectivity index (χ2v) is 5.83. The van der Waals surface area contributed by atoms with Gasteiger partial charge in [-0.05, 0) is 12.3 Å².